The fourth-order valence-electron chi connectivity index (χ4n) is 1.37. The van der Waals surface area contributed by atoms with E-state index in [0.29, 0.717) is 9.78 Å². The number of rotatable bonds is 2. The lowest BCUT2D eigenvalue weighted by atomic mass is 10.2. The summed E-state index contributed by atoms with van der Waals surface area (Å²) in [5, 5.41) is 4.49. The summed E-state index contributed by atoms with van der Waals surface area (Å²) >= 11 is 11.7. The Bertz CT molecular complexity index is 637. The fourth-order valence-corrected chi connectivity index (χ4v) is 1.86. The Labute approximate surface area is 112 Å². The summed E-state index contributed by atoms with van der Waals surface area (Å²) in [7, 11) is 1.32. The number of halogens is 2. The zero-order chi connectivity index (χ0) is 13.3. The first-order valence-electron chi connectivity index (χ1n) is 4.94. The van der Waals surface area contributed by atoms with E-state index in [-0.39, 0.29) is 16.3 Å². The van der Waals surface area contributed by atoms with E-state index in [0.717, 1.165) is 4.68 Å². The molecule has 1 aromatic carbocycles. The van der Waals surface area contributed by atoms with Gasteiger partial charge < -0.3 is 0 Å². The van der Waals surface area contributed by atoms with Crippen LogP contribution in [0.4, 0.5) is 5.69 Å². The van der Waals surface area contributed by atoms with Crippen LogP contribution in [0.3, 0.4) is 0 Å². The molecule has 0 saturated carbocycles. The Balaban J connectivity index is 2.38. The molecule has 5 nitrogen and oxygen atoms in total. The molecule has 1 heterocycles. The molecule has 2 aromatic rings. The minimum Gasteiger partial charge on any atom is -0.267 e. The van der Waals surface area contributed by atoms with E-state index in [1.54, 1.807) is 6.07 Å². The summed E-state index contributed by atoms with van der Waals surface area (Å²) in [5.41, 5.74) is 0.553. The second-order valence-electron chi connectivity index (χ2n) is 3.57. The van der Waals surface area contributed by atoms with Crippen LogP contribution < -0.4 is 0 Å². The molecular weight excluding hydrogens is 277 g/mol. The molecule has 0 aliphatic rings. The molecule has 0 atom stereocenters. The highest BCUT2D eigenvalue weighted by atomic mass is 35.5. The lowest BCUT2D eigenvalue weighted by Gasteiger charge is -2.02. The predicted molar refractivity (Wildman–Crippen MR) is 67.6 cm³/mol. The summed E-state index contributed by atoms with van der Waals surface area (Å²) < 4.78 is 1.67. The first-order chi connectivity index (χ1) is 8.49. The van der Waals surface area contributed by atoms with Gasteiger partial charge in [0.15, 0.2) is 7.05 Å². The van der Waals surface area contributed by atoms with Crippen LogP contribution in [0.1, 0.15) is 10.4 Å². The van der Waals surface area contributed by atoms with Crippen molar-refractivity contribution in [2.75, 3.05) is 7.05 Å². The summed E-state index contributed by atoms with van der Waals surface area (Å²) in [5.74, 6) is -0.426. The molecule has 18 heavy (non-hydrogen) atoms. The first-order valence-corrected chi connectivity index (χ1v) is 5.70. The molecule has 0 N–H and O–H groups in total. The van der Waals surface area contributed by atoms with Crippen molar-refractivity contribution in [3.05, 3.63) is 51.1 Å². The number of nitroso groups, excluding NO2 is 1. The quantitative estimate of drug-likeness (QED) is 0.797. The SMILES string of the molecule is C[N+](=O)c1cnn(C(=O)c2ccc(Cl)cc2Cl)c1. The normalized spacial score (nSPS) is 10.4. The number of hydrogen-bond acceptors (Lipinski definition) is 3. The zero-order valence-corrected chi connectivity index (χ0v) is 10.8. The van der Waals surface area contributed by atoms with E-state index >= 15 is 0 Å². The van der Waals surface area contributed by atoms with Gasteiger partial charge in [0.1, 0.15) is 12.4 Å². The molecule has 0 aliphatic heterocycles. The molecule has 0 unspecified atom stereocenters. The molecule has 0 fully saturated rings. The van der Waals surface area contributed by atoms with Crippen molar-refractivity contribution in [3.8, 4) is 0 Å². The minimum atomic E-state index is -0.426. The number of carbonyl (C=O) groups is 1. The molecule has 92 valence electrons. The van der Waals surface area contributed by atoms with Gasteiger partial charge in [0.25, 0.3) is 11.6 Å². The van der Waals surface area contributed by atoms with Gasteiger partial charge in [0.05, 0.1) is 10.6 Å². The maximum atomic E-state index is 12.1. The molecule has 0 bridgehead atoms. The van der Waals surface area contributed by atoms with Crippen molar-refractivity contribution in [1.29, 1.82) is 0 Å². The first kappa shape index (κ1) is 12.7. The van der Waals surface area contributed by atoms with Gasteiger partial charge >= 0.3 is 0 Å². The molecule has 1 aromatic heterocycles. The van der Waals surface area contributed by atoms with Gasteiger partial charge in [-0.2, -0.15) is 9.78 Å². The second kappa shape index (κ2) is 4.88. The number of carbonyl (C=O) groups excluding carboxylic acids is 1. The average Bonchev–Trinajstić information content (AvgIpc) is 2.77. The minimum absolute atomic E-state index is 0.236. The number of aromatic nitrogens is 2. The van der Waals surface area contributed by atoms with Crippen LogP contribution in [0.15, 0.2) is 30.6 Å². The summed E-state index contributed by atoms with van der Waals surface area (Å²) in [6, 6.07) is 4.54. The highest BCUT2D eigenvalue weighted by Gasteiger charge is 2.17. The Morgan fingerprint density at radius 2 is 2.11 bits per heavy atom. The molecule has 2 rings (SSSR count). The van der Waals surface area contributed by atoms with Crippen molar-refractivity contribution in [3.63, 3.8) is 0 Å². The van der Waals surface area contributed by atoms with E-state index in [9.17, 15) is 9.70 Å². The van der Waals surface area contributed by atoms with E-state index in [1.165, 1.54) is 31.6 Å². The third-order valence-electron chi connectivity index (χ3n) is 2.30. The average molecular weight is 285 g/mol. The monoisotopic (exact) mass is 284 g/mol. The van der Waals surface area contributed by atoms with Crippen LogP contribution in [0.25, 0.3) is 0 Å². The largest absolute Gasteiger partial charge is 0.293 e. The van der Waals surface area contributed by atoms with Crippen molar-refractivity contribution in [2.45, 2.75) is 0 Å². The van der Waals surface area contributed by atoms with Gasteiger partial charge in [-0.1, -0.05) is 23.2 Å². The lowest BCUT2D eigenvalue weighted by Crippen LogP contribution is -2.12. The van der Waals surface area contributed by atoms with Crippen LogP contribution in [-0.2, 0) is 0 Å². The third-order valence-corrected chi connectivity index (χ3v) is 2.85. The van der Waals surface area contributed by atoms with Crippen LogP contribution >= 0.6 is 23.2 Å². The highest BCUT2D eigenvalue weighted by Crippen LogP contribution is 2.22. The Morgan fingerprint density at radius 1 is 1.39 bits per heavy atom. The molecular formula is C11H8Cl2N3O2+. The summed E-state index contributed by atoms with van der Waals surface area (Å²) in [6.45, 7) is 0. The van der Waals surface area contributed by atoms with Gasteiger partial charge in [0.2, 0.25) is 0 Å². The highest BCUT2D eigenvalue weighted by molar-refractivity contribution is 6.36. The maximum absolute atomic E-state index is 12.1. The third kappa shape index (κ3) is 2.42. The van der Waals surface area contributed by atoms with Gasteiger partial charge in [-0.25, -0.2) is 0 Å². The van der Waals surface area contributed by atoms with Gasteiger partial charge in [-0.3, -0.25) is 4.79 Å². The number of nitrogens with zero attached hydrogens (tertiary/aromatic N) is 3. The Hall–Kier alpha value is -1.72. The number of benzene rings is 1. The van der Waals surface area contributed by atoms with Crippen molar-refractivity contribution >= 4 is 34.8 Å². The van der Waals surface area contributed by atoms with E-state index in [4.69, 9.17) is 23.2 Å². The van der Waals surface area contributed by atoms with Crippen LogP contribution in [-0.4, -0.2) is 27.5 Å². The second-order valence-corrected chi connectivity index (χ2v) is 4.41. The predicted octanol–water partition coefficient (Wildman–Crippen LogP) is 2.92. The van der Waals surface area contributed by atoms with E-state index in [1.807, 2.05) is 0 Å². The summed E-state index contributed by atoms with van der Waals surface area (Å²) in [4.78, 5) is 23.1. The molecule has 0 spiro atoms. The van der Waals surface area contributed by atoms with Crippen LogP contribution in [0.2, 0.25) is 10.0 Å². The number of hydrogen-bond donors (Lipinski definition) is 0. The fraction of sp³-hybridized carbons (Fsp3) is 0.0909. The van der Waals surface area contributed by atoms with Crippen LogP contribution in [0, 0.1) is 4.91 Å². The molecule has 0 saturated heterocycles. The van der Waals surface area contributed by atoms with Crippen molar-refractivity contribution in [1.82, 2.24) is 9.78 Å². The summed E-state index contributed by atoms with van der Waals surface area (Å²) in [6.07, 6.45) is 2.63. The molecule has 0 radical (unpaired) electrons. The van der Waals surface area contributed by atoms with Gasteiger partial charge in [0, 0.05) is 14.7 Å². The molecule has 0 amide bonds. The topological polar surface area (TPSA) is 55.0 Å². The maximum Gasteiger partial charge on any atom is 0.293 e. The van der Waals surface area contributed by atoms with Gasteiger partial charge in [-0.15, -0.1) is 0 Å². The van der Waals surface area contributed by atoms with Crippen molar-refractivity contribution < 1.29 is 9.55 Å². The molecule has 7 heteroatoms. The standard InChI is InChI=1S/C11H8Cl2N3O2/c1-15(18)8-5-14-16(6-8)11(17)9-3-2-7(12)4-10(9)13/h2-6H,1H3/q+1. The zero-order valence-electron chi connectivity index (χ0n) is 9.30. The van der Waals surface area contributed by atoms with Crippen molar-refractivity contribution in [2.24, 2.45) is 0 Å². The smallest absolute Gasteiger partial charge is 0.267 e. The Kier molecular flexibility index (Phi) is 3.45. The van der Waals surface area contributed by atoms with E-state index < -0.39 is 5.91 Å². The van der Waals surface area contributed by atoms with Gasteiger partial charge in [-0.05, 0) is 18.2 Å². The van der Waals surface area contributed by atoms with E-state index in [2.05, 4.69) is 5.10 Å². The van der Waals surface area contributed by atoms with Crippen LogP contribution in [0.5, 0.6) is 0 Å². The Morgan fingerprint density at radius 3 is 2.67 bits per heavy atom. The molecule has 0 aliphatic carbocycles. The lowest BCUT2D eigenvalue weighted by molar-refractivity contribution is -0.428.